The fraction of sp³-hybridized carbons (Fsp3) is 0.133. The zero-order valence-electron chi connectivity index (χ0n) is 12.3. The Hall–Kier alpha value is -2.91. The second kappa shape index (κ2) is 6.69. The summed E-state index contributed by atoms with van der Waals surface area (Å²) in [5.41, 5.74) is -1.02. The van der Waals surface area contributed by atoms with Gasteiger partial charge < -0.3 is 19.4 Å². The van der Waals surface area contributed by atoms with Crippen LogP contribution in [0, 0.1) is 0 Å². The minimum absolute atomic E-state index is 0.124. The first-order valence-electron chi connectivity index (χ1n) is 6.88. The molecule has 0 aliphatic rings. The Morgan fingerprint density at radius 3 is 2.75 bits per heavy atom. The average molecular weight is 347 g/mol. The van der Waals surface area contributed by atoms with Crippen LogP contribution >= 0.6 is 11.3 Å². The molecule has 9 heteroatoms. The average Bonchev–Trinajstić information content (AvgIpc) is 3.35. The Balaban J connectivity index is 1.70. The van der Waals surface area contributed by atoms with Crippen LogP contribution in [0.3, 0.4) is 0 Å². The maximum atomic E-state index is 11.9. The van der Waals surface area contributed by atoms with Gasteiger partial charge in [-0.2, -0.15) is 0 Å². The van der Waals surface area contributed by atoms with Gasteiger partial charge in [0.2, 0.25) is 0 Å². The van der Waals surface area contributed by atoms with Crippen molar-refractivity contribution in [2.24, 2.45) is 0 Å². The van der Waals surface area contributed by atoms with Crippen LogP contribution in [0.4, 0.5) is 5.82 Å². The number of amides is 2. The number of rotatable bonds is 5. The molecule has 8 nitrogen and oxygen atoms in total. The Kier molecular flexibility index (Phi) is 4.45. The van der Waals surface area contributed by atoms with E-state index >= 15 is 0 Å². The first-order chi connectivity index (χ1) is 11.6. The lowest BCUT2D eigenvalue weighted by atomic mass is 9.94. The number of aromatic nitrogens is 1. The lowest BCUT2D eigenvalue weighted by Crippen LogP contribution is -2.44. The second-order valence-corrected chi connectivity index (χ2v) is 5.82. The van der Waals surface area contributed by atoms with Crippen LogP contribution in [0.25, 0.3) is 0 Å². The van der Waals surface area contributed by atoms with E-state index in [1.54, 1.807) is 23.6 Å². The Labute approximate surface area is 140 Å². The molecule has 3 aromatic rings. The third-order valence-corrected chi connectivity index (χ3v) is 4.34. The minimum atomic E-state index is -1.50. The topological polar surface area (TPSA) is 118 Å². The molecule has 24 heavy (non-hydrogen) atoms. The largest absolute Gasteiger partial charge is 0.472 e. The van der Waals surface area contributed by atoms with Crippen LogP contribution in [0.5, 0.6) is 0 Å². The Morgan fingerprint density at radius 1 is 1.25 bits per heavy atom. The van der Waals surface area contributed by atoms with Crippen molar-refractivity contribution in [3.63, 3.8) is 0 Å². The van der Waals surface area contributed by atoms with E-state index in [9.17, 15) is 14.7 Å². The van der Waals surface area contributed by atoms with Crippen molar-refractivity contribution < 1.29 is 23.6 Å². The fourth-order valence-electron chi connectivity index (χ4n) is 2.08. The summed E-state index contributed by atoms with van der Waals surface area (Å²) in [7, 11) is 0. The molecule has 0 spiro atoms. The third kappa shape index (κ3) is 3.21. The van der Waals surface area contributed by atoms with Gasteiger partial charge in [0, 0.05) is 16.5 Å². The number of aliphatic hydroxyl groups is 1. The number of anilines is 1. The van der Waals surface area contributed by atoms with Gasteiger partial charge in [-0.1, -0.05) is 11.2 Å². The molecule has 0 bridgehead atoms. The number of thiophene rings is 1. The van der Waals surface area contributed by atoms with E-state index in [2.05, 4.69) is 20.3 Å². The zero-order chi connectivity index (χ0) is 17.0. The number of carbonyl (C=O) groups is 2. The molecule has 0 fully saturated rings. The highest BCUT2D eigenvalue weighted by Gasteiger charge is 2.35. The zero-order valence-corrected chi connectivity index (χ0v) is 13.1. The molecular formula is C15H13N3O5S. The summed E-state index contributed by atoms with van der Waals surface area (Å²) >= 11 is 1.33. The lowest BCUT2D eigenvalue weighted by Gasteiger charge is -2.26. The SMILES string of the molecule is O=C(NC[C@@](O)(c1ccoc1)c1cccs1)C(=O)Nc1ccon1. The number of hydrogen-bond donors (Lipinski definition) is 3. The maximum Gasteiger partial charge on any atom is 0.314 e. The number of nitrogens with zero attached hydrogens (tertiary/aromatic N) is 1. The predicted octanol–water partition coefficient (Wildman–Crippen LogP) is 1.32. The van der Waals surface area contributed by atoms with Crippen LogP contribution in [0.15, 0.2) is 57.4 Å². The molecule has 124 valence electrons. The molecule has 3 aromatic heterocycles. The Bertz CT molecular complexity index is 762. The van der Waals surface area contributed by atoms with Gasteiger partial charge in [0.25, 0.3) is 0 Å². The number of furan rings is 1. The van der Waals surface area contributed by atoms with Gasteiger partial charge >= 0.3 is 11.8 Å². The first kappa shape index (κ1) is 16.0. The van der Waals surface area contributed by atoms with E-state index in [1.165, 1.54) is 36.2 Å². The number of hydrogen-bond acceptors (Lipinski definition) is 7. The molecule has 1 atom stereocenters. The van der Waals surface area contributed by atoms with Crippen molar-refractivity contribution in [2.45, 2.75) is 5.60 Å². The third-order valence-electron chi connectivity index (χ3n) is 3.32. The summed E-state index contributed by atoms with van der Waals surface area (Å²) in [5, 5.41) is 21.0. The summed E-state index contributed by atoms with van der Waals surface area (Å²) in [5.74, 6) is -1.69. The van der Waals surface area contributed by atoms with Gasteiger partial charge in [-0.15, -0.1) is 11.3 Å². The molecule has 0 aliphatic carbocycles. The maximum absolute atomic E-state index is 11.9. The van der Waals surface area contributed by atoms with Crippen LogP contribution in [0.1, 0.15) is 10.4 Å². The van der Waals surface area contributed by atoms with Crippen molar-refractivity contribution in [3.8, 4) is 0 Å². The van der Waals surface area contributed by atoms with Crippen molar-refractivity contribution >= 4 is 29.0 Å². The molecule has 0 radical (unpaired) electrons. The summed E-state index contributed by atoms with van der Waals surface area (Å²) in [4.78, 5) is 24.4. The van der Waals surface area contributed by atoms with Crippen molar-refractivity contribution in [1.29, 1.82) is 0 Å². The van der Waals surface area contributed by atoms with Gasteiger partial charge in [0.1, 0.15) is 11.9 Å². The minimum Gasteiger partial charge on any atom is -0.472 e. The second-order valence-electron chi connectivity index (χ2n) is 4.87. The Morgan fingerprint density at radius 2 is 2.12 bits per heavy atom. The molecule has 3 rings (SSSR count). The highest BCUT2D eigenvalue weighted by atomic mass is 32.1. The molecular weight excluding hydrogens is 334 g/mol. The smallest absolute Gasteiger partial charge is 0.314 e. The van der Waals surface area contributed by atoms with Crippen LogP contribution in [0.2, 0.25) is 0 Å². The molecule has 2 amide bonds. The van der Waals surface area contributed by atoms with Crippen molar-refractivity contribution in [1.82, 2.24) is 10.5 Å². The van der Waals surface area contributed by atoms with Gasteiger partial charge in [0.15, 0.2) is 5.82 Å². The molecule has 3 heterocycles. The molecule has 0 aromatic carbocycles. The van der Waals surface area contributed by atoms with Gasteiger partial charge in [-0.25, -0.2) is 0 Å². The highest BCUT2D eigenvalue weighted by molar-refractivity contribution is 7.10. The summed E-state index contributed by atoms with van der Waals surface area (Å²) in [6.45, 7) is -0.196. The van der Waals surface area contributed by atoms with E-state index < -0.39 is 17.4 Å². The monoisotopic (exact) mass is 347 g/mol. The standard InChI is InChI=1S/C15H13N3O5S/c19-13(14(20)17-12-4-6-23-18-12)16-9-15(21,10-3-5-22-8-10)11-2-1-7-24-11/h1-8,21H,9H2,(H,16,19)(H,17,18,20)/t15-/m1/s1. The normalized spacial score (nSPS) is 13.2. The number of carbonyl (C=O) groups excluding carboxylic acids is 2. The lowest BCUT2D eigenvalue weighted by molar-refractivity contribution is -0.136. The molecule has 3 N–H and O–H groups in total. The van der Waals surface area contributed by atoms with E-state index in [-0.39, 0.29) is 12.4 Å². The molecule has 0 aliphatic heterocycles. The van der Waals surface area contributed by atoms with Gasteiger partial charge in [-0.05, 0) is 17.5 Å². The van der Waals surface area contributed by atoms with Crippen molar-refractivity contribution in [2.75, 3.05) is 11.9 Å². The predicted molar refractivity (Wildman–Crippen MR) is 84.2 cm³/mol. The first-order valence-corrected chi connectivity index (χ1v) is 7.76. The van der Waals surface area contributed by atoms with E-state index in [4.69, 9.17) is 4.42 Å². The summed E-state index contributed by atoms with van der Waals surface area (Å²) in [6.07, 6.45) is 4.08. The van der Waals surface area contributed by atoms with E-state index in [0.717, 1.165) is 0 Å². The molecule has 0 saturated carbocycles. The summed E-state index contributed by atoms with van der Waals surface area (Å²) < 4.78 is 9.58. The van der Waals surface area contributed by atoms with Crippen LogP contribution < -0.4 is 10.6 Å². The van der Waals surface area contributed by atoms with Gasteiger partial charge in [0.05, 0.1) is 19.1 Å². The van der Waals surface area contributed by atoms with E-state index in [1.807, 2.05) is 0 Å². The number of nitrogens with one attached hydrogen (secondary N) is 2. The van der Waals surface area contributed by atoms with E-state index in [0.29, 0.717) is 10.4 Å². The van der Waals surface area contributed by atoms with Crippen molar-refractivity contribution in [3.05, 3.63) is 58.9 Å². The molecule has 0 saturated heterocycles. The van der Waals surface area contributed by atoms with Crippen LogP contribution in [-0.4, -0.2) is 28.6 Å². The summed E-state index contributed by atoms with van der Waals surface area (Å²) in [6, 6.07) is 6.52. The van der Waals surface area contributed by atoms with Crippen LogP contribution in [-0.2, 0) is 15.2 Å². The quantitative estimate of drug-likeness (QED) is 0.599. The highest BCUT2D eigenvalue weighted by Crippen LogP contribution is 2.32. The molecule has 0 unspecified atom stereocenters. The van der Waals surface area contributed by atoms with Gasteiger partial charge in [-0.3, -0.25) is 14.9 Å². The fourth-order valence-corrected chi connectivity index (χ4v) is 2.93.